The zero-order valence-electron chi connectivity index (χ0n) is 11.6. The molecule has 0 radical (unpaired) electrons. The van der Waals surface area contributed by atoms with Crippen molar-refractivity contribution in [3.63, 3.8) is 0 Å². The summed E-state index contributed by atoms with van der Waals surface area (Å²) in [5.74, 6) is 0.350. The van der Waals surface area contributed by atoms with Crippen molar-refractivity contribution in [2.24, 2.45) is 0 Å². The summed E-state index contributed by atoms with van der Waals surface area (Å²) < 4.78 is 9.83. The molecule has 0 heterocycles. The van der Waals surface area contributed by atoms with Crippen LogP contribution in [0.4, 0.5) is 0 Å². The molecule has 0 saturated carbocycles. The molecule has 0 N–H and O–H groups in total. The molecule has 4 nitrogen and oxygen atoms in total. The maximum Gasteiger partial charge on any atom is 0.348 e. The van der Waals surface area contributed by atoms with Crippen LogP contribution >= 0.6 is 0 Å². The number of methoxy groups -OCH3 is 2. The predicted molar refractivity (Wildman–Crippen MR) is 72.7 cm³/mol. The maximum atomic E-state index is 11.4. The van der Waals surface area contributed by atoms with Gasteiger partial charge in [0.15, 0.2) is 0 Å². The number of carbonyl (C=O) groups excluding carboxylic acids is 1. The Kier molecular flexibility index (Phi) is 5.13. The molecule has 0 aliphatic carbocycles. The summed E-state index contributed by atoms with van der Waals surface area (Å²) in [7, 11) is 2.80. The van der Waals surface area contributed by atoms with Crippen LogP contribution in [0.5, 0.6) is 5.75 Å². The highest BCUT2D eigenvalue weighted by atomic mass is 16.5. The van der Waals surface area contributed by atoms with Gasteiger partial charge in [-0.3, -0.25) is 0 Å². The summed E-state index contributed by atoms with van der Waals surface area (Å²) in [5, 5.41) is 8.94. The van der Waals surface area contributed by atoms with E-state index < -0.39 is 5.97 Å². The highest BCUT2D eigenvalue weighted by Gasteiger charge is 2.11. The van der Waals surface area contributed by atoms with Crippen LogP contribution in [0.3, 0.4) is 0 Å². The van der Waals surface area contributed by atoms with E-state index in [0.717, 1.165) is 5.56 Å². The molecule has 0 fully saturated rings. The summed E-state index contributed by atoms with van der Waals surface area (Å²) in [6.45, 7) is 4.17. The lowest BCUT2D eigenvalue weighted by molar-refractivity contribution is -0.135. The number of nitrogens with zero attached hydrogens (tertiary/aromatic N) is 1. The SMILES string of the molecule is COC(=O)C(C#N)=Cc1ccc(C(C)C)cc1OC. The summed E-state index contributed by atoms with van der Waals surface area (Å²) >= 11 is 0. The van der Waals surface area contributed by atoms with E-state index in [1.54, 1.807) is 7.11 Å². The third kappa shape index (κ3) is 3.59. The average Bonchev–Trinajstić information content (AvgIpc) is 2.43. The maximum absolute atomic E-state index is 11.4. The lowest BCUT2D eigenvalue weighted by Crippen LogP contribution is -2.03. The van der Waals surface area contributed by atoms with Crippen LogP contribution in [-0.2, 0) is 9.53 Å². The Hall–Kier alpha value is -2.28. The zero-order chi connectivity index (χ0) is 14.4. The van der Waals surface area contributed by atoms with Gasteiger partial charge in [-0.2, -0.15) is 5.26 Å². The molecule has 4 heteroatoms. The van der Waals surface area contributed by atoms with Gasteiger partial charge >= 0.3 is 5.97 Å². The molecule has 0 saturated heterocycles. The molecule has 0 unspecified atom stereocenters. The standard InChI is InChI=1S/C15H17NO3/c1-10(2)11-5-6-12(14(8-11)18-3)7-13(9-16)15(17)19-4/h5-8,10H,1-4H3. The van der Waals surface area contributed by atoms with Crippen molar-refractivity contribution in [2.75, 3.05) is 14.2 Å². The predicted octanol–water partition coefficient (Wildman–Crippen LogP) is 2.90. The number of esters is 1. The van der Waals surface area contributed by atoms with Crippen molar-refractivity contribution in [1.82, 2.24) is 0 Å². The van der Waals surface area contributed by atoms with E-state index in [9.17, 15) is 4.79 Å². The van der Waals surface area contributed by atoms with Crippen molar-refractivity contribution in [1.29, 1.82) is 5.26 Å². The van der Waals surface area contributed by atoms with E-state index in [1.165, 1.54) is 13.2 Å². The highest BCUT2D eigenvalue weighted by Crippen LogP contribution is 2.26. The van der Waals surface area contributed by atoms with Gasteiger partial charge in [-0.05, 0) is 23.6 Å². The van der Waals surface area contributed by atoms with E-state index >= 15 is 0 Å². The van der Waals surface area contributed by atoms with Gasteiger partial charge in [0.2, 0.25) is 0 Å². The minimum absolute atomic E-state index is 0.0573. The first-order valence-electron chi connectivity index (χ1n) is 5.91. The number of hydrogen-bond donors (Lipinski definition) is 0. The molecule has 0 aliphatic heterocycles. The molecule has 0 spiro atoms. The van der Waals surface area contributed by atoms with Crippen LogP contribution in [0.15, 0.2) is 23.8 Å². The Morgan fingerprint density at radius 3 is 2.53 bits per heavy atom. The Balaban J connectivity index is 3.24. The van der Waals surface area contributed by atoms with Crippen LogP contribution in [0.1, 0.15) is 30.9 Å². The lowest BCUT2D eigenvalue weighted by atomic mass is 10.00. The normalized spacial score (nSPS) is 11.1. The molecule has 0 aromatic heterocycles. The monoisotopic (exact) mass is 259 g/mol. The third-order valence-corrected chi connectivity index (χ3v) is 2.75. The number of hydrogen-bond acceptors (Lipinski definition) is 4. The molecule has 100 valence electrons. The van der Waals surface area contributed by atoms with Crippen LogP contribution in [0.2, 0.25) is 0 Å². The largest absolute Gasteiger partial charge is 0.496 e. The molecule has 1 aromatic rings. The van der Waals surface area contributed by atoms with Crippen molar-refractivity contribution >= 4 is 12.0 Å². The number of carbonyl (C=O) groups is 1. The minimum Gasteiger partial charge on any atom is -0.496 e. The zero-order valence-corrected chi connectivity index (χ0v) is 11.6. The number of rotatable bonds is 4. The second kappa shape index (κ2) is 6.60. The Bertz CT molecular complexity index is 539. The molecular weight excluding hydrogens is 242 g/mol. The summed E-state index contributed by atoms with van der Waals surface area (Å²) in [4.78, 5) is 11.4. The lowest BCUT2D eigenvalue weighted by Gasteiger charge is -2.10. The Labute approximate surface area is 113 Å². The molecule has 19 heavy (non-hydrogen) atoms. The topological polar surface area (TPSA) is 59.3 Å². The van der Waals surface area contributed by atoms with E-state index in [0.29, 0.717) is 17.2 Å². The summed E-state index contributed by atoms with van der Waals surface area (Å²) in [5.41, 5.74) is 1.75. The van der Waals surface area contributed by atoms with Gasteiger partial charge in [-0.25, -0.2) is 4.79 Å². The van der Waals surface area contributed by atoms with Gasteiger partial charge in [0.25, 0.3) is 0 Å². The average molecular weight is 259 g/mol. The van der Waals surface area contributed by atoms with Crippen LogP contribution < -0.4 is 4.74 Å². The summed E-state index contributed by atoms with van der Waals surface area (Å²) in [6.07, 6.45) is 1.47. The van der Waals surface area contributed by atoms with Gasteiger partial charge in [0.1, 0.15) is 17.4 Å². The summed E-state index contributed by atoms with van der Waals surface area (Å²) in [6, 6.07) is 7.50. The van der Waals surface area contributed by atoms with E-state index in [-0.39, 0.29) is 5.57 Å². The number of nitriles is 1. The molecule has 1 aromatic carbocycles. The quantitative estimate of drug-likeness (QED) is 0.474. The molecule has 1 rings (SSSR count). The fourth-order valence-electron chi connectivity index (χ4n) is 1.61. The van der Waals surface area contributed by atoms with Gasteiger partial charge in [-0.1, -0.05) is 26.0 Å². The molecule has 0 amide bonds. The third-order valence-electron chi connectivity index (χ3n) is 2.75. The highest BCUT2D eigenvalue weighted by molar-refractivity contribution is 5.98. The van der Waals surface area contributed by atoms with Crippen LogP contribution in [0, 0.1) is 11.3 Å². The van der Waals surface area contributed by atoms with Gasteiger partial charge < -0.3 is 9.47 Å². The molecule has 0 bridgehead atoms. The Morgan fingerprint density at radius 1 is 1.37 bits per heavy atom. The van der Waals surface area contributed by atoms with Crippen molar-refractivity contribution in [2.45, 2.75) is 19.8 Å². The van der Waals surface area contributed by atoms with E-state index in [4.69, 9.17) is 10.00 Å². The second-order valence-corrected chi connectivity index (χ2v) is 4.32. The van der Waals surface area contributed by atoms with E-state index in [1.807, 2.05) is 24.3 Å². The van der Waals surface area contributed by atoms with Crippen molar-refractivity contribution in [3.05, 3.63) is 34.9 Å². The first kappa shape index (κ1) is 14.8. The van der Waals surface area contributed by atoms with Gasteiger partial charge in [0, 0.05) is 5.56 Å². The smallest absolute Gasteiger partial charge is 0.348 e. The first-order chi connectivity index (χ1) is 9.03. The van der Waals surface area contributed by atoms with Crippen molar-refractivity contribution in [3.8, 4) is 11.8 Å². The fourth-order valence-corrected chi connectivity index (χ4v) is 1.61. The van der Waals surface area contributed by atoms with Crippen LogP contribution in [0.25, 0.3) is 6.08 Å². The van der Waals surface area contributed by atoms with Crippen LogP contribution in [-0.4, -0.2) is 20.2 Å². The fraction of sp³-hybridized carbons (Fsp3) is 0.333. The van der Waals surface area contributed by atoms with Gasteiger partial charge in [-0.15, -0.1) is 0 Å². The number of benzene rings is 1. The molecular formula is C15H17NO3. The second-order valence-electron chi connectivity index (χ2n) is 4.32. The molecule has 0 atom stereocenters. The van der Waals surface area contributed by atoms with E-state index in [2.05, 4.69) is 18.6 Å². The Morgan fingerprint density at radius 2 is 2.05 bits per heavy atom. The van der Waals surface area contributed by atoms with Gasteiger partial charge in [0.05, 0.1) is 14.2 Å². The number of ether oxygens (including phenoxy) is 2. The minimum atomic E-state index is -0.655. The van der Waals surface area contributed by atoms with Crippen molar-refractivity contribution < 1.29 is 14.3 Å². The molecule has 0 aliphatic rings. The first-order valence-corrected chi connectivity index (χ1v) is 5.91.